The summed E-state index contributed by atoms with van der Waals surface area (Å²) >= 11 is 5.79. The van der Waals surface area contributed by atoms with Crippen LogP contribution >= 0.6 is 11.6 Å². The summed E-state index contributed by atoms with van der Waals surface area (Å²) in [5.41, 5.74) is 0.773. The second-order valence-corrected chi connectivity index (χ2v) is 5.53. The third-order valence-corrected chi connectivity index (χ3v) is 3.71. The molecule has 110 valence electrons. The van der Waals surface area contributed by atoms with Crippen LogP contribution in [0.3, 0.4) is 0 Å². The Hall–Kier alpha value is -1.10. The van der Waals surface area contributed by atoms with Gasteiger partial charge in [-0.05, 0) is 43.7 Å². The van der Waals surface area contributed by atoms with E-state index in [2.05, 4.69) is 22.5 Å². The van der Waals surface area contributed by atoms with Crippen LogP contribution in [-0.2, 0) is 4.79 Å². The van der Waals surface area contributed by atoms with Crippen molar-refractivity contribution in [1.82, 2.24) is 10.2 Å². The third-order valence-electron chi connectivity index (χ3n) is 3.46. The molecule has 0 radical (unpaired) electrons. The number of amides is 1. The number of rotatable bonds is 8. The van der Waals surface area contributed by atoms with E-state index < -0.39 is 0 Å². The molecular weight excluding hydrogens is 274 g/mol. The average molecular weight is 296 g/mol. The van der Waals surface area contributed by atoms with Crippen LogP contribution in [0.1, 0.15) is 19.8 Å². The fraction of sp³-hybridized carbons (Fsp3) is 0.533. The van der Waals surface area contributed by atoms with Gasteiger partial charge in [0.1, 0.15) is 0 Å². The van der Waals surface area contributed by atoms with Crippen molar-refractivity contribution >= 4 is 23.2 Å². The van der Waals surface area contributed by atoms with Gasteiger partial charge >= 0.3 is 0 Å². The number of benzene rings is 1. The van der Waals surface area contributed by atoms with Crippen molar-refractivity contribution < 1.29 is 4.79 Å². The Morgan fingerprint density at radius 2 is 2.05 bits per heavy atom. The number of carbonyl (C=O) groups is 1. The van der Waals surface area contributed by atoms with E-state index in [0.717, 1.165) is 31.4 Å². The smallest absolute Gasteiger partial charge is 0.238 e. The highest BCUT2D eigenvalue weighted by Crippen LogP contribution is 2.25. The Kier molecular flexibility index (Phi) is 5.83. The number of nitrogens with zero attached hydrogens (tertiary/aromatic N) is 1. The molecule has 0 bridgehead atoms. The molecule has 1 aromatic carbocycles. The highest BCUT2D eigenvalue weighted by atomic mass is 35.5. The number of anilines is 1. The van der Waals surface area contributed by atoms with E-state index >= 15 is 0 Å². The van der Waals surface area contributed by atoms with Crippen LogP contribution in [0.15, 0.2) is 24.3 Å². The molecule has 0 aromatic heterocycles. The average Bonchev–Trinajstić information content (AvgIpc) is 3.26. The first kappa shape index (κ1) is 15.3. The molecule has 2 N–H and O–H groups in total. The van der Waals surface area contributed by atoms with Crippen LogP contribution in [0.25, 0.3) is 0 Å². The van der Waals surface area contributed by atoms with Crippen molar-refractivity contribution in [3.05, 3.63) is 29.3 Å². The largest absolute Gasteiger partial charge is 0.325 e. The van der Waals surface area contributed by atoms with Crippen LogP contribution in [0, 0.1) is 0 Å². The summed E-state index contributed by atoms with van der Waals surface area (Å²) in [6.07, 6.45) is 2.65. The summed E-state index contributed by atoms with van der Waals surface area (Å²) in [6.45, 7) is 5.47. The van der Waals surface area contributed by atoms with Gasteiger partial charge in [0.25, 0.3) is 0 Å². The van der Waals surface area contributed by atoms with Crippen molar-refractivity contribution in [1.29, 1.82) is 0 Å². The summed E-state index contributed by atoms with van der Waals surface area (Å²) in [7, 11) is 0. The van der Waals surface area contributed by atoms with Crippen molar-refractivity contribution in [3.63, 3.8) is 0 Å². The molecule has 1 aliphatic carbocycles. The molecule has 2 rings (SSSR count). The topological polar surface area (TPSA) is 44.4 Å². The van der Waals surface area contributed by atoms with Gasteiger partial charge in [0, 0.05) is 29.8 Å². The van der Waals surface area contributed by atoms with Gasteiger partial charge in [-0.15, -0.1) is 0 Å². The number of likely N-dealkylation sites (N-methyl/N-ethyl adjacent to an activating group) is 1. The van der Waals surface area contributed by atoms with Gasteiger partial charge in [-0.2, -0.15) is 0 Å². The Bertz CT molecular complexity index is 431. The summed E-state index contributed by atoms with van der Waals surface area (Å²) in [4.78, 5) is 14.2. The van der Waals surface area contributed by atoms with Gasteiger partial charge < -0.3 is 10.6 Å². The number of hydrogen-bond donors (Lipinski definition) is 2. The number of halogens is 1. The van der Waals surface area contributed by atoms with E-state index in [1.165, 1.54) is 12.8 Å². The number of carbonyl (C=O) groups excluding carboxylic acids is 1. The molecule has 1 fully saturated rings. The molecule has 0 unspecified atom stereocenters. The molecule has 20 heavy (non-hydrogen) atoms. The normalized spacial score (nSPS) is 14.6. The fourth-order valence-electron chi connectivity index (χ4n) is 2.20. The third kappa shape index (κ3) is 5.12. The molecule has 1 saturated carbocycles. The van der Waals surface area contributed by atoms with Crippen molar-refractivity contribution in [2.24, 2.45) is 0 Å². The lowest BCUT2D eigenvalue weighted by Gasteiger charge is -2.19. The van der Waals surface area contributed by atoms with E-state index in [1.54, 1.807) is 24.3 Å². The first-order chi connectivity index (χ1) is 9.69. The maximum atomic E-state index is 11.7. The van der Waals surface area contributed by atoms with Crippen molar-refractivity contribution in [3.8, 4) is 0 Å². The summed E-state index contributed by atoms with van der Waals surface area (Å²) in [5, 5.41) is 6.68. The molecule has 1 aromatic rings. The molecule has 1 aliphatic rings. The van der Waals surface area contributed by atoms with Gasteiger partial charge in [-0.3, -0.25) is 9.69 Å². The van der Waals surface area contributed by atoms with Crippen molar-refractivity contribution in [2.45, 2.75) is 25.8 Å². The van der Waals surface area contributed by atoms with E-state index in [1.807, 2.05) is 0 Å². The summed E-state index contributed by atoms with van der Waals surface area (Å²) in [6, 6.07) is 7.90. The lowest BCUT2D eigenvalue weighted by Crippen LogP contribution is -2.36. The van der Waals surface area contributed by atoms with E-state index in [-0.39, 0.29) is 5.91 Å². The molecule has 4 nitrogen and oxygen atoms in total. The predicted octanol–water partition coefficient (Wildman–Crippen LogP) is 2.35. The number of nitrogens with one attached hydrogen (secondary N) is 2. The highest BCUT2D eigenvalue weighted by molar-refractivity contribution is 6.30. The summed E-state index contributed by atoms with van der Waals surface area (Å²) in [5.74, 6) is -0.0261. The van der Waals surface area contributed by atoms with Crippen LogP contribution in [-0.4, -0.2) is 43.0 Å². The second kappa shape index (κ2) is 7.62. The monoisotopic (exact) mass is 295 g/mol. The molecular formula is C15H22ClN3O. The molecule has 0 saturated heterocycles. The van der Waals surface area contributed by atoms with Crippen LogP contribution < -0.4 is 10.6 Å². The predicted molar refractivity (Wildman–Crippen MR) is 83.2 cm³/mol. The summed E-state index contributed by atoms with van der Waals surface area (Å²) < 4.78 is 0. The Labute approximate surface area is 125 Å². The van der Waals surface area contributed by atoms with Crippen LogP contribution in [0.4, 0.5) is 5.69 Å². The molecule has 0 heterocycles. The van der Waals surface area contributed by atoms with Gasteiger partial charge in [0.05, 0.1) is 6.54 Å². The standard InChI is InChI=1S/C15H22ClN3O/c1-2-19(14-7-8-14)10-9-17-11-15(20)18-13-5-3-12(16)4-6-13/h3-6,14,17H,2,7-11H2,1H3,(H,18,20). The van der Waals surface area contributed by atoms with E-state index in [9.17, 15) is 4.79 Å². The zero-order valence-corrected chi connectivity index (χ0v) is 12.6. The molecule has 0 atom stereocenters. The Balaban J connectivity index is 1.61. The van der Waals surface area contributed by atoms with Gasteiger partial charge in [-0.1, -0.05) is 18.5 Å². The van der Waals surface area contributed by atoms with E-state index in [0.29, 0.717) is 11.6 Å². The van der Waals surface area contributed by atoms with Gasteiger partial charge in [0.2, 0.25) is 5.91 Å². The molecule has 1 amide bonds. The zero-order valence-electron chi connectivity index (χ0n) is 11.9. The van der Waals surface area contributed by atoms with E-state index in [4.69, 9.17) is 11.6 Å². The molecule has 5 heteroatoms. The fourth-order valence-corrected chi connectivity index (χ4v) is 2.33. The minimum atomic E-state index is -0.0261. The van der Waals surface area contributed by atoms with Gasteiger partial charge in [0.15, 0.2) is 0 Å². The first-order valence-corrected chi connectivity index (χ1v) is 7.57. The quantitative estimate of drug-likeness (QED) is 0.724. The maximum absolute atomic E-state index is 11.7. The Morgan fingerprint density at radius 3 is 2.65 bits per heavy atom. The zero-order chi connectivity index (χ0) is 14.4. The highest BCUT2D eigenvalue weighted by Gasteiger charge is 2.26. The van der Waals surface area contributed by atoms with Crippen LogP contribution in [0.2, 0.25) is 5.02 Å². The Morgan fingerprint density at radius 1 is 1.35 bits per heavy atom. The lowest BCUT2D eigenvalue weighted by atomic mass is 10.3. The lowest BCUT2D eigenvalue weighted by molar-refractivity contribution is -0.115. The van der Waals surface area contributed by atoms with Crippen LogP contribution in [0.5, 0.6) is 0 Å². The molecule has 0 spiro atoms. The minimum Gasteiger partial charge on any atom is -0.325 e. The maximum Gasteiger partial charge on any atom is 0.238 e. The van der Waals surface area contributed by atoms with Crippen molar-refractivity contribution in [2.75, 3.05) is 31.5 Å². The first-order valence-electron chi connectivity index (χ1n) is 7.19. The second-order valence-electron chi connectivity index (χ2n) is 5.09. The van der Waals surface area contributed by atoms with Gasteiger partial charge in [-0.25, -0.2) is 0 Å². The minimum absolute atomic E-state index is 0.0261. The molecule has 0 aliphatic heterocycles. The SMILES string of the molecule is CCN(CCNCC(=O)Nc1ccc(Cl)cc1)C1CC1. The number of hydrogen-bond acceptors (Lipinski definition) is 3.